The van der Waals surface area contributed by atoms with Crippen molar-refractivity contribution in [1.29, 1.82) is 0 Å². The summed E-state index contributed by atoms with van der Waals surface area (Å²) in [6, 6.07) is 5.47. The highest BCUT2D eigenvalue weighted by atomic mass is 32.2. The van der Waals surface area contributed by atoms with Crippen LogP contribution >= 0.6 is 0 Å². The molecule has 1 saturated heterocycles. The highest BCUT2D eigenvalue weighted by Gasteiger charge is 2.32. The summed E-state index contributed by atoms with van der Waals surface area (Å²) in [6.45, 7) is 0.539. The minimum atomic E-state index is -4.04. The molecule has 0 atom stereocenters. The van der Waals surface area contributed by atoms with Crippen molar-refractivity contribution >= 4 is 32.7 Å². The number of halogens is 1. The summed E-state index contributed by atoms with van der Waals surface area (Å²) in [5, 5.41) is 0.504. The van der Waals surface area contributed by atoms with E-state index in [2.05, 4.69) is 24.7 Å². The summed E-state index contributed by atoms with van der Waals surface area (Å²) in [7, 11) is -2.65. The second-order valence-electron chi connectivity index (χ2n) is 9.24. The molecule has 37 heavy (non-hydrogen) atoms. The summed E-state index contributed by atoms with van der Waals surface area (Å²) < 4.78 is 49.2. The number of aromatic nitrogens is 4. The molecule has 1 aliphatic carbocycles. The van der Waals surface area contributed by atoms with Crippen LogP contribution in [0.25, 0.3) is 22.2 Å². The number of H-pyrrole nitrogens is 1. The van der Waals surface area contributed by atoms with Crippen LogP contribution in [0.3, 0.4) is 0 Å². The summed E-state index contributed by atoms with van der Waals surface area (Å²) in [5.41, 5.74) is 1.56. The van der Waals surface area contributed by atoms with Crippen LogP contribution in [0.1, 0.15) is 40.5 Å². The molecular weight excluding hydrogens is 499 g/mol. The molecule has 2 N–H and O–H groups in total. The van der Waals surface area contributed by atoms with Crippen molar-refractivity contribution in [3.05, 3.63) is 71.8 Å². The third kappa shape index (κ3) is 4.37. The first-order chi connectivity index (χ1) is 17.8. The minimum Gasteiger partial charge on any atom is -0.378 e. The number of nitrogens with one attached hydrogen (secondary N) is 2. The van der Waals surface area contributed by atoms with E-state index >= 15 is 4.39 Å². The average Bonchev–Trinajstić information content (AvgIpc) is 3.63. The van der Waals surface area contributed by atoms with Crippen LogP contribution in [0.15, 0.2) is 49.1 Å². The van der Waals surface area contributed by atoms with E-state index in [1.807, 2.05) is 0 Å². The first-order valence-corrected chi connectivity index (χ1v) is 13.2. The van der Waals surface area contributed by atoms with Crippen LogP contribution in [-0.4, -0.2) is 64.7 Å². The van der Waals surface area contributed by atoms with Gasteiger partial charge in [0.1, 0.15) is 11.5 Å². The topological polar surface area (TPSA) is 130 Å². The number of anilines is 1. The molecule has 0 radical (unpaired) electrons. The molecule has 1 saturated carbocycles. The maximum Gasteiger partial charge on any atom is 0.301 e. The van der Waals surface area contributed by atoms with Gasteiger partial charge >= 0.3 is 10.2 Å². The summed E-state index contributed by atoms with van der Waals surface area (Å²) in [4.78, 5) is 29.6. The normalized spacial score (nSPS) is 16.2. The maximum atomic E-state index is 15.4. The monoisotopic (exact) mass is 522 g/mol. The zero-order valence-electron chi connectivity index (χ0n) is 19.8. The Kier molecular flexibility index (Phi) is 5.74. The fourth-order valence-corrected chi connectivity index (χ4v) is 5.25. The van der Waals surface area contributed by atoms with E-state index in [1.165, 1.54) is 31.4 Å². The standard InChI is InChI=1S/C25H23FN6O4S/c1-32(17-12-36-13-17)37(34,35)31-21-4-2-3-18(22(21)26)23(33)20-11-30-25-19(20)7-15(8-29-25)16-9-27-24(28-10-16)14-5-6-14/h2-4,7-11,14,17,31H,5-6,12-13H2,1H3,(H,29,30). The van der Waals surface area contributed by atoms with Crippen LogP contribution in [0.5, 0.6) is 0 Å². The fourth-order valence-electron chi connectivity index (χ4n) is 4.16. The van der Waals surface area contributed by atoms with Gasteiger partial charge in [0.25, 0.3) is 0 Å². The summed E-state index contributed by atoms with van der Waals surface area (Å²) in [6.07, 6.45) is 8.80. The third-order valence-electron chi connectivity index (χ3n) is 6.72. The molecule has 4 aromatic rings. The number of likely N-dealkylation sites (N-methyl/N-ethyl adjacent to an activating group) is 1. The van der Waals surface area contributed by atoms with E-state index in [0.717, 1.165) is 28.5 Å². The van der Waals surface area contributed by atoms with Crippen molar-refractivity contribution in [3.8, 4) is 11.1 Å². The molecule has 2 fully saturated rings. The molecule has 6 rings (SSSR count). The van der Waals surface area contributed by atoms with Gasteiger partial charge in [-0.1, -0.05) is 6.07 Å². The van der Waals surface area contributed by atoms with E-state index in [1.54, 1.807) is 24.7 Å². The van der Waals surface area contributed by atoms with E-state index in [4.69, 9.17) is 4.74 Å². The average molecular weight is 523 g/mol. The molecule has 1 aromatic carbocycles. The van der Waals surface area contributed by atoms with E-state index in [-0.39, 0.29) is 36.1 Å². The molecule has 3 aromatic heterocycles. The van der Waals surface area contributed by atoms with Gasteiger partial charge in [0.05, 0.1) is 30.5 Å². The molecule has 190 valence electrons. The Bertz CT molecular complexity index is 1610. The molecule has 0 bridgehead atoms. The van der Waals surface area contributed by atoms with Crippen molar-refractivity contribution in [2.75, 3.05) is 25.0 Å². The third-order valence-corrected chi connectivity index (χ3v) is 8.25. The van der Waals surface area contributed by atoms with E-state index < -0.39 is 21.8 Å². The smallest absolute Gasteiger partial charge is 0.301 e. The Hall–Kier alpha value is -3.74. The van der Waals surface area contributed by atoms with Gasteiger partial charge in [0.2, 0.25) is 0 Å². The predicted octanol–water partition coefficient (Wildman–Crippen LogP) is 3.25. The molecule has 10 nitrogen and oxygen atoms in total. The molecule has 0 unspecified atom stereocenters. The lowest BCUT2D eigenvalue weighted by atomic mass is 10.0. The number of rotatable bonds is 8. The van der Waals surface area contributed by atoms with Gasteiger partial charge in [-0.3, -0.25) is 9.52 Å². The number of nitrogens with zero attached hydrogens (tertiary/aromatic N) is 4. The Morgan fingerprint density at radius 1 is 1.11 bits per heavy atom. The van der Waals surface area contributed by atoms with Gasteiger partial charge in [0.15, 0.2) is 11.6 Å². The molecule has 2 aliphatic rings. The van der Waals surface area contributed by atoms with Crippen molar-refractivity contribution in [2.24, 2.45) is 0 Å². The molecule has 1 aliphatic heterocycles. The minimum absolute atomic E-state index is 0.211. The molecule has 12 heteroatoms. The van der Waals surface area contributed by atoms with Gasteiger partial charge in [-0.15, -0.1) is 0 Å². The highest BCUT2D eigenvalue weighted by molar-refractivity contribution is 7.90. The van der Waals surface area contributed by atoms with E-state index in [9.17, 15) is 13.2 Å². The van der Waals surface area contributed by atoms with Crippen LogP contribution in [0.4, 0.5) is 10.1 Å². The van der Waals surface area contributed by atoms with E-state index in [0.29, 0.717) is 22.5 Å². The Balaban J connectivity index is 1.30. The van der Waals surface area contributed by atoms with Gasteiger partial charge in [-0.05, 0) is 31.0 Å². The Morgan fingerprint density at radius 2 is 1.84 bits per heavy atom. The van der Waals surface area contributed by atoms with Gasteiger partial charge in [-0.25, -0.2) is 19.3 Å². The molecular formula is C25H23FN6O4S. The van der Waals surface area contributed by atoms with Gasteiger partial charge in [0, 0.05) is 59.8 Å². The van der Waals surface area contributed by atoms with Crippen LogP contribution in [0.2, 0.25) is 0 Å². The predicted molar refractivity (Wildman–Crippen MR) is 134 cm³/mol. The zero-order valence-corrected chi connectivity index (χ0v) is 20.6. The quantitative estimate of drug-likeness (QED) is 0.340. The number of pyridine rings is 1. The first-order valence-electron chi connectivity index (χ1n) is 11.8. The number of carbonyl (C=O) groups is 1. The second-order valence-corrected chi connectivity index (χ2v) is 11.0. The zero-order chi connectivity index (χ0) is 25.7. The second kappa shape index (κ2) is 8.98. The lowest BCUT2D eigenvalue weighted by molar-refractivity contribution is -0.0303. The number of ketones is 1. The number of hydrogen-bond acceptors (Lipinski definition) is 7. The summed E-state index contributed by atoms with van der Waals surface area (Å²) in [5.74, 6) is -0.304. The highest BCUT2D eigenvalue weighted by Crippen LogP contribution is 2.38. The Labute approximate surface area is 212 Å². The maximum absolute atomic E-state index is 15.4. The molecule has 4 heterocycles. The first kappa shape index (κ1) is 23.6. The van der Waals surface area contributed by atoms with Gasteiger partial charge in [-0.2, -0.15) is 12.7 Å². The van der Waals surface area contributed by atoms with Crippen molar-refractivity contribution < 1.29 is 22.3 Å². The van der Waals surface area contributed by atoms with Crippen LogP contribution < -0.4 is 4.72 Å². The molecule has 0 spiro atoms. The SMILES string of the molecule is CN(C1COC1)S(=O)(=O)Nc1cccc(C(=O)c2c[nH]c3ncc(-c4cnc(C5CC5)nc4)cc23)c1F. The van der Waals surface area contributed by atoms with Crippen LogP contribution in [0, 0.1) is 5.82 Å². The van der Waals surface area contributed by atoms with Crippen LogP contribution in [-0.2, 0) is 14.9 Å². The number of carbonyl (C=O) groups excluding carboxylic acids is 1. The number of fused-ring (bicyclic) bond motifs is 1. The van der Waals surface area contributed by atoms with Crippen molar-refractivity contribution in [3.63, 3.8) is 0 Å². The van der Waals surface area contributed by atoms with Gasteiger partial charge < -0.3 is 9.72 Å². The largest absolute Gasteiger partial charge is 0.378 e. The number of aromatic amines is 1. The Morgan fingerprint density at radius 3 is 2.51 bits per heavy atom. The lowest BCUT2D eigenvalue weighted by Gasteiger charge is -2.33. The molecule has 0 amide bonds. The van der Waals surface area contributed by atoms with Crippen molar-refractivity contribution in [1.82, 2.24) is 24.2 Å². The lowest BCUT2D eigenvalue weighted by Crippen LogP contribution is -2.51. The summed E-state index contributed by atoms with van der Waals surface area (Å²) >= 11 is 0. The number of benzene rings is 1. The number of hydrogen-bond donors (Lipinski definition) is 2. The van der Waals surface area contributed by atoms with Crippen molar-refractivity contribution in [2.45, 2.75) is 24.8 Å². The number of ether oxygens (including phenoxy) is 1. The fraction of sp³-hybridized carbons (Fsp3) is 0.280.